The molecule has 0 amide bonds. The third-order valence-corrected chi connectivity index (χ3v) is 3.77. The highest BCUT2D eigenvalue weighted by Crippen LogP contribution is 2.20. The van der Waals surface area contributed by atoms with E-state index in [1.807, 2.05) is 6.07 Å². The van der Waals surface area contributed by atoms with Gasteiger partial charge in [-0.2, -0.15) is 0 Å². The quantitative estimate of drug-likeness (QED) is 0.592. The minimum Gasteiger partial charge on any atom is -0.740 e. The molecular weight excluding hydrogens is 252 g/mol. The van der Waals surface area contributed by atoms with Crippen molar-refractivity contribution in [2.45, 2.75) is 46.0 Å². The number of rotatable bonds is 6. The van der Waals surface area contributed by atoms with E-state index in [0.29, 0.717) is 0 Å². The number of piperidine rings is 1. The van der Waals surface area contributed by atoms with Gasteiger partial charge in [0.2, 0.25) is 18.0 Å². The van der Waals surface area contributed by atoms with Gasteiger partial charge in [0.15, 0.2) is 0 Å². The zero-order valence-corrected chi connectivity index (χ0v) is 12.7. The van der Waals surface area contributed by atoms with Gasteiger partial charge >= 0.3 is 0 Å². The van der Waals surface area contributed by atoms with Gasteiger partial charge in [-0.3, -0.25) is 9.63 Å². The van der Waals surface area contributed by atoms with Crippen LogP contribution in [-0.4, -0.2) is 31.2 Å². The van der Waals surface area contributed by atoms with Gasteiger partial charge < -0.3 is 10.1 Å². The summed E-state index contributed by atoms with van der Waals surface area (Å²) in [5, 5.41) is 12.0. The van der Waals surface area contributed by atoms with E-state index in [-0.39, 0.29) is 0 Å². The highest BCUT2D eigenvalue weighted by atomic mass is 16.5. The Labute approximate surface area is 121 Å². The number of anilines is 2. The van der Waals surface area contributed by atoms with E-state index < -0.39 is 0 Å². The van der Waals surface area contributed by atoms with Crippen LogP contribution in [0.2, 0.25) is 0 Å². The molecule has 1 saturated heterocycles. The molecule has 20 heavy (non-hydrogen) atoms. The molecule has 1 aromatic heterocycles. The second-order valence-electron chi connectivity index (χ2n) is 5.47. The summed E-state index contributed by atoms with van der Waals surface area (Å²) in [7, 11) is 0. The molecule has 5 nitrogen and oxygen atoms in total. The molecule has 1 aromatic rings. The maximum absolute atomic E-state index is 12.0. The maximum atomic E-state index is 12.0. The lowest BCUT2D eigenvalue weighted by Gasteiger charge is -2.28. The van der Waals surface area contributed by atoms with Gasteiger partial charge in [0.25, 0.3) is 0 Å². The van der Waals surface area contributed by atoms with Crippen molar-refractivity contribution in [3.05, 3.63) is 17.6 Å². The van der Waals surface area contributed by atoms with E-state index in [1.165, 1.54) is 25.6 Å². The number of aromatic nitrogens is 2. The van der Waals surface area contributed by atoms with Crippen LogP contribution in [0.25, 0.3) is 0 Å². The molecule has 0 bridgehead atoms. The van der Waals surface area contributed by atoms with Crippen LogP contribution in [0.15, 0.2) is 12.4 Å². The molecule has 2 heterocycles. The summed E-state index contributed by atoms with van der Waals surface area (Å²) in [4.78, 5) is 8.78. The summed E-state index contributed by atoms with van der Waals surface area (Å²) in [6.07, 6.45) is 7.24. The Balaban J connectivity index is 2.21. The van der Waals surface area contributed by atoms with Crippen LogP contribution in [-0.2, 0) is 0 Å². The van der Waals surface area contributed by atoms with Gasteiger partial charge in [0.05, 0.1) is 19.2 Å². The zero-order valence-electron chi connectivity index (χ0n) is 12.7. The summed E-state index contributed by atoms with van der Waals surface area (Å²) in [5.74, 6) is 1.69. The fraction of sp³-hybridized carbons (Fsp3) is 0.733. The zero-order chi connectivity index (χ0) is 14.4. The Morgan fingerprint density at radius 1 is 1.20 bits per heavy atom. The largest absolute Gasteiger partial charge is 0.740 e. The van der Waals surface area contributed by atoms with E-state index in [4.69, 9.17) is 0 Å². The molecule has 0 atom stereocenters. The minimum atomic E-state index is 0.740. The van der Waals surface area contributed by atoms with Crippen LogP contribution in [0.1, 0.15) is 46.0 Å². The van der Waals surface area contributed by atoms with E-state index in [1.54, 1.807) is 0 Å². The molecule has 0 radical (unpaired) electrons. The second-order valence-corrected chi connectivity index (χ2v) is 5.47. The number of hydrogen-bond donors (Lipinski definition) is 0. The Kier molecular flexibility index (Phi) is 5.44. The molecule has 0 saturated carbocycles. The average Bonchev–Trinajstić information content (AvgIpc) is 2.48. The third kappa shape index (κ3) is 3.52. The summed E-state index contributed by atoms with van der Waals surface area (Å²) < 4.78 is 0.902. The Bertz CT molecular complexity index is 412. The summed E-state index contributed by atoms with van der Waals surface area (Å²) in [6, 6.07) is 1.96. The predicted molar refractivity (Wildman–Crippen MR) is 82.1 cm³/mol. The molecule has 0 aliphatic carbocycles. The van der Waals surface area contributed by atoms with Crippen LogP contribution < -0.4 is 14.5 Å². The van der Waals surface area contributed by atoms with Crippen molar-refractivity contribution in [1.82, 2.24) is 4.98 Å². The molecule has 2 rings (SSSR count). The summed E-state index contributed by atoms with van der Waals surface area (Å²) in [5.41, 5.74) is 0. The fourth-order valence-electron chi connectivity index (χ4n) is 2.79. The van der Waals surface area contributed by atoms with Crippen molar-refractivity contribution in [2.24, 2.45) is 0 Å². The molecule has 0 N–H and O–H groups in total. The van der Waals surface area contributed by atoms with Gasteiger partial charge in [-0.15, -0.1) is 0 Å². The normalized spacial score (nSPS) is 15.4. The van der Waals surface area contributed by atoms with Gasteiger partial charge in [-0.05, 0) is 32.1 Å². The van der Waals surface area contributed by atoms with Crippen molar-refractivity contribution in [3.63, 3.8) is 0 Å². The Morgan fingerprint density at radius 3 is 2.45 bits per heavy atom. The predicted octanol–water partition coefficient (Wildman–Crippen LogP) is 2.33. The number of nitrogens with zero attached hydrogens (tertiary/aromatic N) is 4. The Hall–Kier alpha value is -1.52. The topological polar surface area (TPSA) is 46.3 Å². The van der Waals surface area contributed by atoms with Crippen molar-refractivity contribution >= 4 is 11.6 Å². The SMILES string of the molecule is CCCN(CCC)c1cc(N2CCCCC2)nc[n+]1[O-]. The monoisotopic (exact) mass is 278 g/mol. The van der Waals surface area contributed by atoms with Crippen molar-refractivity contribution in [3.8, 4) is 0 Å². The fourth-order valence-corrected chi connectivity index (χ4v) is 2.79. The van der Waals surface area contributed by atoms with Gasteiger partial charge in [-0.1, -0.05) is 18.8 Å². The van der Waals surface area contributed by atoms with Crippen LogP contribution in [0.3, 0.4) is 0 Å². The highest BCUT2D eigenvalue weighted by molar-refractivity contribution is 5.47. The first-order valence-corrected chi connectivity index (χ1v) is 7.85. The second kappa shape index (κ2) is 7.31. The van der Waals surface area contributed by atoms with E-state index in [9.17, 15) is 5.21 Å². The average molecular weight is 278 g/mol. The summed E-state index contributed by atoms with van der Waals surface area (Å²) in [6.45, 7) is 8.22. The van der Waals surface area contributed by atoms with Crippen LogP contribution in [0, 0.1) is 5.21 Å². The standard InChI is InChI=1S/C15H26N4O/c1-3-8-18(9-4-2)15-12-14(16-13-19(15)20)17-10-6-5-7-11-17/h12-13H,3-11H2,1-2H3. The first-order valence-electron chi connectivity index (χ1n) is 7.85. The Morgan fingerprint density at radius 2 is 1.85 bits per heavy atom. The van der Waals surface area contributed by atoms with Gasteiger partial charge in [-0.25, -0.2) is 0 Å². The molecule has 0 spiro atoms. The molecule has 0 unspecified atom stereocenters. The van der Waals surface area contributed by atoms with E-state index in [2.05, 4.69) is 28.6 Å². The van der Waals surface area contributed by atoms with Crippen molar-refractivity contribution in [1.29, 1.82) is 0 Å². The van der Waals surface area contributed by atoms with Crippen LogP contribution in [0.4, 0.5) is 11.6 Å². The molecule has 1 fully saturated rings. The van der Waals surface area contributed by atoms with Crippen LogP contribution in [0.5, 0.6) is 0 Å². The lowest BCUT2D eigenvalue weighted by Crippen LogP contribution is -2.40. The molecule has 1 aliphatic heterocycles. The lowest BCUT2D eigenvalue weighted by molar-refractivity contribution is -0.595. The molecule has 5 heteroatoms. The molecule has 1 aliphatic rings. The molecule has 0 aromatic carbocycles. The van der Waals surface area contributed by atoms with Gasteiger partial charge in [0.1, 0.15) is 0 Å². The van der Waals surface area contributed by atoms with Gasteiger partial charge in [0, 0.05) is 13.1 Å². The van der Waals surface area contributed by atoms with Crippen molar-refractivity contribution < 1.29 is 4.73 Å². The molecule has 112 valence electrons. The van der Waals surface area contributed by atoms with Crippen LogP contribution >= 0.6 is 0 Å². The summed E-state index contributed by atoms with van der Waals surface area (Å²) >= 11 is 0. The highest BCUT2D eigenvalue weighted by Gasteiger charge is 2.19. The molecular formula is C15H26N4O. The third-order valence-electron chi connectivity index (χ3n) is 3.77. The maximum Gasteiger partial charge on any atom is 0.229 e. The minimum absolute atomic E-state index is 0.740. The first-order chi connectivity index (χ1) is 9.76. The smallest absolute Gasteiger partial charge is 0.229 e. The van der Waals surface area contributed by atoms with E-state index >= 15 is 0 Å². The number of hydrogen-bond acceptors (Lipinski definition) is 4. The van der Waals surface area contributed by atoms with Crippen molar-refractivity contribution in [2.75, 3.05) is 36.0 Å². The lowest BCUT2D eigenvalue weighted by atomic mass is 10.1. The van der Waals surface area contributed by atoms with E-state index in [0.717, 1.165) is 55.4 Å². The first kappa shape index (κ1) is 14.9.